The number of halogens is 3. The zero-order valence-electron chi connectivity index (χ0n) is 21.3. The van der Waals surface area contributed by atoms with E-state index in [9.17, 15) is 22.4 Å². The van der Waals surface area contributed by atoms with Crippen molar-refractivity contribution < 1.29 is 27.1 Å². The first kappa shape index (κ1) is 30.9. The molecule has 0 saturated carbocycles. The SMILES string of the molecule is COC(=O)[C@H](CC(C)C)NC(=O)CCCCC(C)N(c1cc(Cl)ccc1F)S(=O)(=O)c1ccc(Cl)cc1. The summed E-state index contributed by atoms with van der Waals surface area (Å²) in [7, 11) is -2.88. The first-order valence-electron chi connectivity index (χ1n) is 12.0. The average molecular weight is 576 g/mol. The van der Waals surface area contributed by atoms with Gasteiger partial charge in [0.2, 0.25) is 5.91 Å². The Morgan fingerprint density at radius 2 is 1.65 bits per heavy atom. The molecule has 2 aromatic carbocycles. The summed E-state index contributed by atoms with van der Waals surface area (Å²) in [5, 5.41) is 3.27. The molecule has 0 spiro atoms. The normalized spacial score (nSPS) is 13.2. The smallest absolute Gasteiger partial charge is 0.328 e. The van der Waals surface area contributed by atoms with E-state index in [1.807, 2.05) is 13.8 Å². The van der Waals surface area contributed by atoms with Gasteiger partial charge in [-0.3, -0.25) is 9.10 Å². The van der Waals surface area contributed by atoms with Crippen molar-refractivity contribution in [3.63, 3.8) is 0 Å². The molecule has 0 fully saturated rings. The van der Waals surface area contributed by atoms with Gasteiger partial charge in [-0.1, -0.05) is 43.5 Å². The summed E-state index contributed by atoms with van der Waals surface area (Å²) in [5.74, 6) is -1.34. The molecule has 0 bridgehead atoms. The van der Waals surface area contributed by atoms with E-state index in [0.717, 1.165) is 10.4 Å². The second-order valence-corrected chi connectivity index (χ2v) is 11.9. The van der Waals surface area contributed by atoms with E-state index in [-0.39, 0.29) is 33.9 Å². The molecule has 1 amide bonds. The molecule has 2 atom stereocenters. The van der Waals surface area contributed by atoms with Gasteiger partial charge in [0.1, 0.15) is 11.9 Å². The minimum atomic E-state index is -4.16. The van der Waals surface area contributed by atoms with Gasteiger partial charge in [-0.05, 0) is 74.6 Å². The molecular formula is C26H33Cl2FN2O5S. The van der Waals surface area contributed by atoms with E-state index in [0.29, 0.717) is 30.7 Å². The van der Waals surface area contributed by atoms with Crippen LogP contribution in [0, 0.1) is 11.7 Å². The zero-order valence-corrected chi connectivity index (χ0v) is 23.7. The fourth-order valence-corrected chi connectivity index (χ4v) is 5.89. The summed E-state index contributed by atoms with van der Waals surface area (Å²) in [6, 6.07) is 7.98. The predicted molar refractivity (Wildman–Crippen MR) is 144 cm³/mol. The van der Waals surface area contributed by atoms with Gasteiger partial charge in [0.15, 0.2) is 0 Å². The maximum atomic E-state index is 14.8. The number of benzene rings is 2. The molecular weight excluding hydrogens is 542 g/mol. The summed E-state index contributed by atoms with van der Waals surface area (Å²) < 4.78 is 47.7. The molecule has 0 heterocycles. The second-order valence-electron chi connectivity index (χ2n) is 9.22. The fourth-order valence-electron chi connectivity index (χ4n) is 3.92. The summed E-state index contributed by atoms with van der Waals surface area (Å²) in [6.07, 6.45) is 1.87. The number of nitrogens with one attached hydrogen (secondary N) is 1. The third kappa shape index (κ3) is 8.86. The van der Waals surface area contributed by atoms with E-state index in [1.165, 1.54) is 43.5 Å². The number of ether oxygens (including phenoxy) is 1. The highest BCUT2D eigenvalue weighted by molar-refractivity contribution is 7.92. The summed E-state index contributed by atoms with van der Waals surface area (Å²) in [5.41, 5.74) is -0.165. The van der Waals surface area contributed by atoms with E-state index in [2.05, 4.69) is 5.32 Å². The van der Waals surface area contributed by atoms with Gasteiger partial charge in [-0.15, -0.1) is 0 Å². The van der Waals surface area contributed by atoms with E-state index in [4.69, 9.17) is 27.9 Å². The number of hydrogen-bond acceptors (Lipinski definition) is 5. The number of sulfonamides is 1. The third-order valence-electron chi connectivity index (χ3n) is 5.72. The second kappa shape index (κ2) is 14.0. The van der Waals surface area contributed by atoms with Crippen LogP contribution in [0.1, 0.15) is 52.9 Å². The number of anilines is 1. The number of hydrogen-bond donors (Lipinski definition) is 1. The third-order valence-corrected chi connectivity index (χ3v) is 8.15. The lowest BCUT2D eigenvalue weighted by molar-refractivity contribution is -0.145. The number of methoxy groups -OCH3 is 1. The monoisotopic (exact) mass is 574 g/mol. The summed E-state index contributed by atoms with van der Waals surface area (Å²) in [4.78, 5) is 24.3. The van der Waals surface area contributed by atoms with E-state index < -0.39 is 33.9 Å². The van der Waals surface area contributed by atoms with Crippen LogP contribution >= 0.6 is 23.2 Å². The number of unbranched alkanes of at least 4 members (excludes halogenated alkanes) is 1. The molecule has 2 aromatic rings. The molecule has 1 unspecified atom stereocenters. The van der Waals surface area contributed by atoms with Crippen LogP contribution in [-0.4, -0.2) is 39.5 Å². The quantitative estimate of drug-likeness (QED) is 0.234. The van der Waals surface area contributed by atoms with Crippen molar-refractivity contribution in [3.8, 4) is 0 Å². The van der Waals surface area contributed by atoms with Crippen molar-refractivity contribution in [3.05, 3.63) is 58.3 Å². The Morgan fingerprint density at radius 3 is 2.24 bits per heavy atom. The minimum Gasteiger partial charge on any atom is -0.467 e. The first-order valence-corrected chi connectivity index (χ1v) is 14.2. The Hall–Kier alpha value is -2.36. The number of amides is 1. The van der Waals surface area contributed by atoms with Gasteiger partial charge in [-0.25, -0.2) is 17.6 Å². The van der Waals surface area contributed by atoms with Crippen LogP contribution < -0.4 is 9.62 Å². The maximum Gasteiger partial charge on any atom is 0.328 e. The maximum absolute atomic E-state index is 14.8. The number of esters is 1. The molecule has 7 nitrogen and oxygen atoms in total. The lowest BCUT2D eigenvalue weighted by atomic mass is 10.0. The van der Waals surface area contributed by atoms with Crippen molar-refractivity contribution >= 4 is 50.8 Å². The Bertz CT molecular complexity index is 1180. The minimum absolute atomic E-state index is 0.0403. The average Bonchev–Trinajstić information content (AvgIpc) is 2.83. The van der Waals surface area contributed by atoms with Gasteiger partial charge in [0, 0.05) is 22.5 Å². The van der Waals surface area contributed by atoms with E-state index >= 15 is 0 Å². The van der Waals surface area contributed by atoms with Crippen molar-refractivity contribution in [2.24, 2.45) is 5.92 Å². The van der Waals surface area contributed by atoms with Crippen LogP contribution in [0.15, 0.2) is 47.4 Å². The van der Waals surface area contributed by atoms with Crippen molar-refractivity contribution in [2.75, 3.05) is 11.4 Å². The highest BCUT2D eigenvalue weighted by Crippen LogP contribution is 2.32. The van der Waals surface area contributed by atoms with Crippen LogP contribution in [0.3, 0.4) is 0 Å². The number of carbonyl (C=O) groups is 2. The Morgan fingerprint density at radius 1 is 1.03 bits per heavy atom. The van der Waals surface area contributed by atoms with Crippen LogP contribution in [-0.2, 0) is 24.3 Å². The summed E-state index contributed by atoms with van der Waals surface area (Å²) >= 11 is 12.0. The molecule has 0 aliphatic carbocycles. The van der Waals surface area contributed by atoms with Gasteiger partial charge in [0.25, 0.3) is 10.0 Å². The molecule has 0 aliphatic rings. The lowest BCUT2D eigenvalue weighted by Crippen LogP contribution is -2.42. The van der Waals surface area contributed by atoms with Gasteiger partial charge in [-0.2, -0.15) is 0 Å². The largest absolute Gasteiger partial charge is 0.467 e. The van der Waals surface area contributed by atoms with Crippen LogP contribution in [0.4, 0.5) is 10.1 Å². The number of rotatable bonds is 13. The highest BCUT2D eigenvalue weighted by Gasteiger charge is 2.31. The van der Waals surface area contributed by atoms with Gasteiger partial charge < -0.3 is 10.1 Å². The Kier molecular flexibility index (Phi) is 11.7. The first-order chi connectivity index (χ1) is 17.4. The standard InChI is InChI=1S/C26H33Cl2FN2O5S/c1-17(2)15-23(26(33)36-4)30-25(32)8-6-5-7-18(3)31(24-16-20(28)11-14-22(24)29)37(34,35)21-12-9-19(27)10-13-21/h9-14,16-18,23H,5-8,15H2,1-4H3,(H,30,32)/t18?,23-/m0/s1. The molecule has 204 valence electrons. The fraction of sp³-hybridized carbons (Fsp3) is 0.462. The lowest BCUT2D eigenvalue weighted by Gasteiger charge is -2.31. The van der Waals surface area contributed by atoms with Crippen molar-refractivity contribution in [1.29, 1.82) is 0 Å². The Balaban J connectivity index is 2.14. The molecule has 2 rings (SSSR count). The van der Waals surface area contributed by atoms with Gasteiger partial charge >= 0.3 is 5.97 Å². The van der Waals surface area contributed by atoms with Crippen molar-refractivity contribution in [1.82, 2.24) is 5.32 Å². The molecule has 0 radical (unpaired) electrons. The molecule has 0 aliphatic heterocycles. The molecule has 0 saturated heterocycles. The molecule has 11 heteroatoms. The highest BCUT2D eigenvalue weighted by atomic mass is 35.5. The van der Waals surface area contributed by atoms with Gasteiger partial charge in [0.05, 0.1) is 17.7 Å². The van der Waals surface area contributed by atoms with Crippen LogP contribution in [0.25, 0.3) is 0 Å². The summed E-state index contributed by atoms with van der Waals surface area (Å²) in [6.45, 7) is 5.55. The molecule has 37 heavy (non-hydrogen) atoms. The number of carbonyl (C=O) groups excluding carboxylic acids is 2. The van der Waals surface area contributed by atoms with Crippen molar-refractivity contribution in [2.45, 2.75) is 69.9 Å². The molecule has 0 aromatic heterocycles. The van der Waals surface area contributed by atoms with E-state index in [1.54, 1.807) is 6.92 Å². The van der Waals surface area contributed by atoms with Crippen LogP contribution in [0.5, 0.6) is 0 Å². The zero-order chi connectivity index (χ0) is 27.8. The Labute approximate surface area is 228 Å². The molecule has 1 N–H and O–H groups in total. The topological polar surface area (TPSA) is 92.8 Å². The van der Waals surface area contributed by atoms with Crippen LogP contribution in [0.2, 0.25) is 10.0 Å². The number of nitrogens with zero attached hydrogens (tertiary/aromatic N) is 1. The predicted octanol–water partition coefficient (Wildman–Crippen LogP) is 5.98.